The topological polar surface area (TPSA) is 66.4 Å². The van der Waals surface area contributed by atoms with Crippen molar-refractivity contribution < 1.29 is 14.7 Å². The summed E-state index contributed by atoms with van der Waals surface area (Å²) in [6.45, 7) is 1.18. The minimum atomic E-state index is -2.12. The molecule has 92 valence electrons. The number of Topliss-reactive ketones (excluding diaryl/α,β-unsaturated/α-hetero) is 1. The summed E-state index contributed by atoms with van der Waals surface area (Å²) in [7, 11) is 0. The van der Waals surface area contributed by atoms with Gasteiger partial charge in [-0.3, -0.25) is 9.59 Å². The van der Waals surface area contributed by atoms with Gasteiger partial charge < -0.3 is 10.4 Å². The molecule has 1 amide bonds. The smallest absolute Gasteiger partial charge is 0.224 e. The first-order valence-corrected chi connectivity index (χ1v) is 5.54. The summed E-state index contributed by atoms with van der Waals surface area (Å²) in [6.07, 6.45) is -1.67. The predicted molar refractivity (Wildman–Crippen MR) is 65.0 cm³/mol. The Morgan fingerprint density at radius 1 is 1.29 bits per heavy atom. The van der Waals surface area contributed by atoms with Gasteiger partial charge in [-0.25, -0.2) is 0 Å². The molecule has 1 unspecified atom stereocenters. The standard InChI is InChI=1S/C11H11Cl2NO3/c1-7(15)14-10(17)11(12,13)9(16)8-5-3-2-4-6-8/h2-6,10,17H,1H3,(H,14,15). The van der Waals surface area contributed by atoms with E-state index in [1.165, 1.54) is 19.1 Å². The largest absolute Gasteiger partial charge is 0.370 e. The molecule has 0 saturated heterocycles. The number of amides is 1. The number of hydrogen-bond acceptors (Lipinski definition) is 3. The Morgan fingerprint density at radius 2 is 1.82 bits per heavy atom. The third kappa shape index (κ3) is 3.43. The van der Waals surface area contributed by atoms with E-state index in [4.69, 9.17) is 23.2 Å². The minimum absolute atomic E-state index is 0.252. The SMILES string of the molecule is CC(=O)NC(O)C(Cl)(Cl)C(=O)c1ccccc1. The van der Waals surface area contributed by atoms with Gasteiger partial charge in [0.1, 0.15) is 0 Å². The third-order valence-corrected chi connectivity index (χ3v) is 2.78. The van der Waals surface area contributed by atoms with Crippen molar-refractivity contribution in [3.63, 3.8) is 0 Å². The molecule has 1 aromatic carbocycles. The molecule has 4 nitrogen and oxygen atoms in total. The summed E-state index contributed by atoms with van der Waals surface area (Å²) >= 11 is 11.5. The van der Waals surface area contributed by atoms with Gasteiger partial charge in [0.15, 0.2) is 6.23 Å². The number of alkyl halides is 2. The fraction of sp³-hybridized carbons (Fsp3) is 0.273. The molecule has 0 radical (unpaired) electrons. The van der Waals surface area contributed by atoms with Crippen LogP contribution in [0.3, 0.4) is 0 Å². The fourth-order valence-corrected chi connectivity index (χ4v) is 1.52. The van der Waals surface area contributed by atoms with Crippen LogP contribution in [-0.2, 0) is 4.79 Å². The normalized spacial score (nSPS) is 12.9. The maximum Gasteiger partial charge on any atom is 0.224 e. The van der Waals surface area contributed by atoms with Crippen molar-refractivity contribution in [1.29, 1.82) is 0 Å². The van der Waals surface area contributed by atoms with Crippen LogP contribution in [0.15, 0.2) is 30.3 Å². The molecule has 0 aromatic heterocycles. The third-order valence-electron chi connectivity index (χ3n) is 2.02. The van der Waals surface area contributed by atoms with Gasteiger partial charge in [0, 0.05) is 12.5 Å². The number of ketones is 1. The van der Waals surface area contributed by atoms with Crippen molar-refractivity contribution >= 4 is 34.9 Å². The lowest BCUT2D eigenvalue weighted by molar-refractivity contribution is -0.121. The molecule has 1 atom stereocenters. The number of rotatable bonds is 4. The zero-order chi connectivity index (χ0) is 13.1. The van der Waals surface area contributed by atoms with Crippen molar-refractivity contribution in [3.8, 4) is 0 Å². The average Bonchev–Trinajstić information content (AvgIpc) is 2.28. The monoisotopic (exact) mass is 275 g/mol. The molecule has 2 N–H and O–H groups in total. The van der Waals surface area contributed by atoms with E-state index in [2.05, 4.69) is 5.32 Å². The molecular formula is C11H11Cl2NO3. The van der Waals surface area contributed by atoms with Crippen LogP contribution in [0.1, 0.15) is 17.3 Å². The van der Waals surface area contributed by atoms with Crippen LogP contribution in [0.5, 0.6) is 0 Å². The Hall–Kier alpha value is -1.10. The van der Waals surface area contributed by atoms with Crippen LogP contribution in [-0.4, -0.2) is 27.4 Å². The Labute approximate surface area is 109 Å². The molecule has 0 bridgehead atoms. The second-order valence-corrected chi connectivity index (χ2v) is 4.81. The molecule has 1 rings (SSSR count). The molecule has 17 heavy (non-hydrogen) atoms. The lowest BCUT2D eigenvalue weighted by Gasteiger charge is -2.24. The summed E-state index contributed by atoms with van der Waals surface area (Å²) < 4.78 is -2.12. The van der Waals surface area contributed by atoms with Crippen molar-refractivity contribution in [3.05, 3.63) is 35.9 Å². The van der Waals surface area contributed by atoms with E-state index in [0.29, 0.717) is 0 Å². The summed E-state index contributed by atoms with van der Waals surface area (Å²) in [5, 5.41) is 11.6. The lowest BCUT2D eigenvalue weighted by atomic mass is 10.1. The minimum Gasteiger partial charge on any atom is -0.370 e. The van der Waals surface area contributed by atoms with E-state index in [1.54, 1.807) is 18.2 Å². The van der Waals surface area contributed by atoms with Crippen molar-refractivity contribution in [2.24, 2.45) is 0 Å². The Morgan fingerprint density at radius 3 is 2.29 bits per heavy atom. The van der Waals surface area contributed by atoms with Gasteiger partial charge in [0.2, 0.25) is 16.0 Å². The number of carbonyl (C=O) groups is 2. The van der Waals surface area contributed by atoms with Gasteiger partial charge in [-0.15, -0.1) is 0 Å². The highest BCUT2D eigenvalue weighted by atomic mass is 35.5. The van der Waals surface area contributed by atoms with E-state index in [9.17, 15) is 14.7 Å². The molecular weight excluding hydrogens is 265 g/mol. The summed E-state index contributed by atoms with van der Waals surface area (Å²) in [5.74, 6) is -1.22. The fourth-order valence-electron chi connectivity index (χ4n) is 1.19. The Balaban J connectivity index is 2.90. The first-order valence-electron chi connectivity index (χ1n) is 4.78. The molecule has 0 saturated carbocycles. The molecule has 6 heteroatoms. The molecule has 0 fully saturated rings. The van der Waals surface area contributed by atoms with Gasteiger partial charge >= 0.3 is 0 Å². The summed E-state index contributed by atoms with van der Waals surface area (Å²) in [6, 6.07) is 8.04. The number of aliphatic hydroxyl groups is 1. The number of hydrogen-bond donors (Lipinski definition) is 2. The second-order valence-electron chi connectivity index (χ2n) is 3.42. The number of carbonyl (C=O) groups excluding carboxylic acids is 2. The first-order chi connectivity index (χ1) is 7.85. The number of halogens is 2. The average molecular weight is 276 g/mol. The van der Waals surface area contributed by atoms with Crippen LogP contribution in [0.4, 0.5) is 0 Å². The number of aliphatic hydroxyl groups excluding tert-OH is 1. The Bertz CT molecular complexity index is 420. The van der Waals surface area contributed by atoms with E-state index >= 15 is 0 Å². The van der Waals surface area contributed by atoms with E-state index in [0.717, 1.165) is 0 Å². The highest BCUT2D eigenvalue weighted by molar-refractivity contribution is 6.60. The quantitative estimate of drug-likeness (QED) is 0.497. The van der Waals surface area contributed by atoms with Gasteiger partial charge in [-0.05, 0) is 0 Å². The maximum absolute atomic E-state index is 11.9. The summed E-state index contributed by atoms with van der Waals surface area (Å²) in [4.78, 5) is 22.7. The molecule has 0 aliphatic carbocycles. The summed E-state index contributed by atoms with van der Waals surface area (Å²) in [5.41, 5.74) is 0.252. The Kier molecular flexibility index (Phi) is 4.51. The van der Waals surface area contributed by atoms with Gasteiger partial charge in [-0.1, -0.05) is 53.5 Å². The number of nitrogens with one attached hydrogen (secondary N) is 1. The highest BCUT2D eigenvalue weighted by Gasteiger charge is 2.42. The number of benzene rings is 1. The van der Waals surface area contributed by atoms with Crippen LogP contribution in [0, 0.1) is 0 Å². The molecule has 0 aliphatic rings. The van der Waals surface area contributed by atoms with Gasteiger partial charge in [0.25, 0.3) is 0 Å². The maximum atomic E-state index is 11.9. The first kappa shape index (κ1) is 14.0. The van der Waals surface area contributed by atoms with E-state index in [-0.39, 0.29) is 5.56 Å². The van der Waals surface area contributed by atoms with Crippen molar-refractivity contribution in [1.82, 2.24) is 5.32 Å². The van der Waals surface area contributed by atoms with E-state index < -0.39 is 22.3 Å². The molecule has 1 aromatic rings. The van der Waals surface area contributed by atoms with Gasteiger partial charge in [-0.2, -0.15) is 0 Å². The van der Waals surface area contributed by atoms with Crippen molar-refractivity contribution in [2.75, 3.05) is 0 Å². The van der Waals surface area contributed by atoms with E-state index in [1.807, 2.05) is 0 Å². The highest BCUT2D eigenvalue weighted by Crippen LogP contribution is 2.29. The zero-order valence-electron chi connectivity index (χ0n) is 8.98. The second kappa shape index (κ2) is 5.49. The zero-order valence-corrected chi connectivity index (χ0v) is 10.5. The molecule has 0 heterocycles. The molecule has 0 aliphatic heterocycles. The van der Waals surface area contributed by atoms with Crippen LogP contribution in [0.2, 0.25) is 0 Å². The van der Waals surface area contributed by atoms with Gasteiger partial charge in [0.05, 0.1) is 0 Å². The van der Waals surface area contributed by atoms with Crippen LogP contribution in [0.25, 0.3) is 0 Å². The lowest BCUT2D eigenvalue weighted by Crippen LogP contribution is -2.50. The van der Waals surface area contributed by atoms with Crippen molar-refractivity contribution in [2.45, 2.75) is 17.5 Å². The predicted octanol–water partition coefficient (Wildman–Crippen LogP) is 1.50. The molecule has 0 spiro atoms. The van der Waals surface area contributed by atoms with Crippen LogP contribution < -0.4 is 5.32 Å². The van der Waals surface area contributed by atoms with Crippen LogP contribution >= 0.6 is 23.2 Å².